The Bertz CT molecular complexity index is 1060. The molecule has 0 aromatic heterocycles. The molecule has 0 aromatic carbocycles. The van der Waals surface area contributed by atoms with Crippen LogP contribution in [0.15, 0.2) is 36.5 Å². The van der Waals surface area contributed by atoms with Gasteiger partial charge in [0.2, 0.25) is 0 Å². The number of hydrogen-bond acceptors (Lipinski definition) is 9. The first-order valence-electron chi connectivity index (χ1n) is 21.0. The fourth-order valence-corrected chi connectivity index (χ4v) is 6.26. The summed E-state index contributed by atoms with van der Waals surface area (Å²) in [4.78, 5) is 45.9. The molecule has 314 valence electrons. The Morgan fingerprint density at radius 1 is 0.574 bits per heavy atom. The Balaban J connectivity index is 4.41. The molecule has 0 spiro atoms. The van der Waals surface area contributed by atoms with Crippen molar-refractivity contribution in [2.24, 2.45) is 5.73 Å². The van der Waals surface area contributed by atoms with Gasteiger partial charge in [0.25, 0.3) is 0 Å². The van der Waals surface area contributed by atoms with Gasteiger partial charge in [-0.25, -0.2) is 4.57 Å². The predicted octanol–water partition coefficient (Wildman–Crippen LogP) is 10.8. The van der Waals surface area contributed by atoms with E-state index in [1.165, 1.54) is 57.8 Å². The van der Waals surface area contributed by atoms with Gasteiger partial charge in [-0.15, -0.1) is 0 Å². The van der Waals surface area contributed by atoms with E-state index < -0.39 is 51.1 Å². The van der Waals surface area contributed by atoms with Crippen molar-refractivity contribution in [3.05, 3.63) is 36.5 Å². The number of esters is 2. The summed E-state index contributed by atoms with van der Waals surface area (Å²) in [5.41, 5.74) is 5.32. The maximum atomic E-state index is 12.6. The molecule has 0 amide bonds. The van der Waals surface area contributed by atoms with Gasteiger partial charge in [0.15, 0.2) is 6.10 Å². The van der Waals surface area contributed by atoms with Gasteiger partial charge < -0.3 is 25.2 Å². The number of allylic oxidation sites excluding steroid dienone is 6. The first-order chi connectivity index (χ1) is 26.1. The van der Waals surface area contributed by atoms with Crippen LogP contribution in [-0.2, 0) is 37.5 Å². The highest BCUT2D eigenvalue weighted by Crippen LogP contribution is 2.43. The Hall–Kier alpha value is -2.30. The maximum Gasteiger partial charge on any atom is 0.472 e. The number of rotatable bonds is 39. The van der Waals surface area contributed by atoms with Gasteiger partial charge in [0, 0.05) is 12.8 Å². The molecule has 54 heavy (non-hydrogen) atoms. The number of carbonyl (C=O) groups is 3. The van der Waals surface area contributed by atoms with Gasteiger partial charge in [-0.05, 0) is 64.2 Å². The lowest BCUT2D eigenvalue weighted by Crippen LogP contribution is -2.34. The molecule has 0 heterocycles. The van der Waals surface area contributed by atoms with Crippen molar-refractivity contribution in [1.82, 2.24) is 0 Å². The number of carboxylic acid groups (broad SMARTS) is 1. The van der Waals surface area contributed by atoms with Gasteiger partial charge in [-0.2, -0.15) is 0 Å². The first kappa shape index (κ1) is 51.7. The summed E-state index contributed by atoms with van der Waals surface area (Å²) in [6.07, 6.45) is 39.2. The quantitative estimate of drug-likeness (QED) is 0.0234. The van der Waals surface area contributed by atoms with E-state index in [1.807, 2.05) is 0 Å². The Morgan fingerprint density at radius 3 is 1.52 bits per heavy atom. The lowest BCUT2D eigenvalue weighted by molar-refractivity contribution is -0.161. The van der Waals surface area contributed by atoms with Gasteiger partial charge in [0.05, 0.1) is 13.2 Å². The van der Waals surface area contributed by atoms with Crippen LogP contribution in [-0.4, -0.2) is 59.9 Å². The smallest absolute Gasteiger partial charge is 0.472 e. The van der Waals surface area contributed by atoms with Crippen molar-refractivity contribution < 1.29 is 47.5 Å². The molecular weight excluding hydrogens is 709 g/mol. The molecule has 0 aliphatic rings. The minimum absolute atomic E-state index is 0.143. The maximum absolute atomic E-state index is 12.6. The molecule has 0 radical (unpaired) electrons. The predicted molar refractivity (Wildman–Crippen MR) is 217 cm³/mol. The van der Waals surface area contributed by atoms with Crippen LogP contribution in [0.4, 0.5) is 0 Å². The van der Waals surface area contributed by atoms with Crippen molar-refractivity contribution in [3.63, 3.8) is 0 Å². The molecule has 12 heteroatoms. The summed E-state index contributed by atoms with van der Waals surface area (Å²) in [5, 5.41) is 8.88. The molecule has 0 saturated carbocycles. The molecule has 3 atom stereocenters. The summed E-state index contributed by atoms with van der Waals surface area (Å²) in [6.45, 7) is 2.73. The summed E-state index contributed by atoms with van der Waals surface area (Å²) < 4.78 is 32.6. The second-order valence-electron chi connectivity index (χ2n) is 14.1. The Kier molecular flexibility index (Phi) is 36.0. The number of unbranched alkanes of at least 4 members (excludes halogenated alkanes) is 19. The topological polar surface area (TPSA) is 172 Å². The van der Waals surface area contributed by atoms with Crippen molar-refractivity contribution in [2.45, 2.75) is 193 Å². The van der Waals surface area contributed by atoms with Crippen LogP contribution in [0.5, 0.6) is 0 Å². The number of phosphoric ester groups is 1. The van der Waals surface area contributed by atoms with E-state index in [9.17, 15) is 23.8 Å². The Morgan fingerprint density at radius 2 is 1.00 bits per heavy atom. The second kappa shape index (κ2) is 37.6. The lowest BCUT2D eigenvalue weighted by atomic mass is 10.1. The van der Waals surface area contributed by atoms with Gasteiger partial charge >= 0.3 is 25.7 Å². The third-order valence-electron chi connectivity index (χ3n) is 8.86. The number of carbonyl (C=O) groups excluding carboxylic acids is 2. The zero-order chi connectivity index (χ0) is 40.0. The van der Waals surface area contributed by atoms with Crippen LogP contribution < -0.4 is 5.73 Å². The molecule has 0 aliphatic carbocycles. The second-order valence-corrected chi connectivity index (χ2v) is 15.6. The molecule has 0 aliphatic heterocycles. The monoisotopic (exact) mass is 786 g/mol. The molecule has 4 N–H and O–H groups in total. The minimum Gasteiger partial charge on any atom is -0.480 e. The number of phosphoric acid groups is 1. The summed E-state index contributed by atoms with van der Waals surface area (Å²) in [6, 6.07) is -1.52. The average molecular weight is 786 g/mol. The normalized spacial score (nSPS) is 14.1. The number of carboxylic acids is 1. The molecule has 0 fully saturated rings. The van der Waals surface area contributed by atoms with Crippen LogP contribution in [0.1, 0.15) is 181 Å². The fraction of sp³-hybridized carbons (Fsp3) is 0.786. The van der Waals surface area contributed by atoms with Gasteiger partial charge in [-0.3, -0.25) is 23.4 Å². The molecule has 0 aromatic rings. The zero-order valence-electron chi connectivity index (χ0n) is 33.8. The number of ether oxygens (including phenoxy) is 2. The molecule has 3 unspecified atom stereocenters. The van der Waals surface area contributed by atoms with Crippen LogP contribution in [0.3, 0.4) is 0 Å². The lowest BCUT2D eigenvalue weighted by Gasteiger charge is -2.20. The molecule has 0 saturated heterocycles. The van der Waals surface area contributed by atoms with E-state index in [0.717, 1.165) is 83.5 Å². The van der Waals surface area contributed by atoms with Crippen LogP contribution in [0, 0.1) is 0 Å². The third-order valence-corrected chi connectivity index (χ3v) is 9.81. The largest absolute Gasteiger partial charge is 0.480 e. The SMILES string of the molecule is CCCC/C=C\C/C=C\CCCCCCCC(=O)OC(COC(=O)CCCCCCC/C=C\CCCCCCCCC)COP(=O)(O)OCC(N)C(=O)O. The van der Waals surface area contributed by atoms with E-state index >= 15 is 0 Å². The number of nitrogens with two attached hydrogens (primary N) is 1. The molecule has 0 rings (SSSR count). The van der Waals surface area contributed by atoms with E-state index in [0.29, 0.717) is 12.8 Å². The van der Waals surface area contributed by atoms with E-state index in [4.69, 9.17) is 24.8 Å². The third kappa shape index (κ3) is 36.7. The molecular formula is C42H76NO10P. The first-order valence-corrected chi connectivity index (χ1v) is 22.5. The van der Waals surface area contributed by atoms with Crippen molar-refractivity contribution in [2.75, 3.05) is 19.8 Å². The number of hydrogen-bond donors (Lipinski definition) is 3. The molecule has 0 bridgehead atoms. The van der Waals surface area contributed by atoms with Crippen molar-refractivity contribution >= 4 is 25.7 Å². The summed E-state index contributed by atoms with van der Waals surface area (Å²) in [5.74, 6) is -2.41. The van der Waals surface area contributed by atoms with Gasteiger partial charge in [0.1, 0.15) is 12.6 Å². The summed E-state index contributed by atoms with van der Waals surface area (Å²) in [7, 11) is -4.72. The average Bonchev–Trinajstić information content (AvgIpc) is 3.14. The fourth-order valence-electron chi connectivity index (χ4n) is 5.49. The highest BCUT2D eigenvalue weighted by molar-refractivity contribution is 7.47. The minimum atomic E-state index is -4.72. The van der Waals surface area contributed by atoms with Crippen molar-refractivity contribution in [1.29, 1.82) is 0 Å². The zero-order valence-corrected chi connectivity index (χ0v) is 34.7. The highest BCUT2D eigenvalue weighted by atomic mass is 31.2. The Labute approximate surface area is 327 Å². The van der Waals surface area contributed by atoms with E-state index in [2.05, 4.69) is 54.8 Å². The van der Waals surface area contributed by atoms with Crippen molar-refractivity contribution in [3.8, 4) is 0 Å². The number of aliphatic carboxylic acids is 1. The van der Waals surface area contributed by atoms with Crippen LogP contribution >= 0.6 is 7.82 Å². The summed E-state index contributed by atoms with van der Waals surface area (Å²) >= 11 is 0. The van der Waals surface area contributed by atoms with E-state index in [1.54, 1.807) is 0 Å². The van der Waals surface area contributed by atoms with E-state index in [-0.39, 0.29) is 19.4 Å². The molecule has 11 nitrogen and oxygen atoms in total. The van der Waals surface area contributed by atoms with Gasteiger partial charge in [-0.1, -0.05) is 140 Å². The standard InChI is InChI=1S/C42H76NO10P/c1-3-5-7-9-11-13-15-17-19-20-22-23-25-27-29-31-33-40(44)50-35-38(36-51-54(48,49)52-37-39(43)42(46)47)53-41(45)34-32-30-28-26-24-21-18-16-14-12-10-8-6-4-2/h10,12,16,18-20,38-39H,3-9,11,13-15,17,21-37,43H2,1-2H3,(H,46,47)(H,48,49)/b12-10-,18-16-,20-19-. The van der Waals surface area contributed by atoms with Crippen LogP contribution in [0.2, 0.25) is 0 Å². The van der Waals surface area contributed by atoms with Crippen LogP contribution in [0.25, 0.3) is 0 Å². The highest BCUT2D eigenvalue weighted by Gasteiger charge is 2.28.